The molecule has 3 aromatic heterocycles. The minimum atomic E-state index is 0.482. The van der Waals surface area contributed by atoms with E-state index in [1.165, 1.54) is 19.3 Å². The third-order valence-corrected chi connectivity index (χ3v) is 6.36. The van der Waals surface area contributed by atoms with Crippen LogP contribution in [0.2, 0.25) is 0 Å². The molecule has 1 spiro atoms. The molecule has 0 radical (unpaired) electrons. The van der Waals surface area contributed by atoms with Crippen molar-refractivity contribution >= 4 is 32.7 Å². The fourth-order valence-electron chi connectivity index (χ4n) is 4.28. The molecule has 2 fully saturated rings. The van der Waals surface area contributed by atoms with Gasteiger partial charge in [0.05, 0.1) is 11.7 Å². The summed E-state index contributed by atoms with van der Waals surface area (Å²) in [4.78, 5) is 20.6. The number of nitrogens with zero attached hydrogens (tertiary/aromatic N) is 5. The van der Waals surface area contributed by atoms with Gasteiger partial charge in [0, 0.05) is 43.0 Å². The molecule has 0 unspecified atom stereocenters. The molecule has 2 aliphatic heterocycles. The minimum Gasteiger partial charge on any atom is -0.356 e. The smallest absolute Gasteiger partial charge is 0.162 e. The third-order valence-electron chi connectivity index (χ3n) is 5.92. The molecule has 5 rings (SSSR count). The van der Waals surface area contributed by atoms with Gasteiger partial charge in [0.15, 0.2) is 5.82 Å². The molecular weight excluding hydrogens is 404 g/mol. The summed E-state index contributed by atoms with van der Waals surface area (Å²) in [5.41, 5.74) is 2.33. The van der Waals surface area contributed by atoms with Crippen LogP contribution in [0.4, 0.5) is 5.82 Å². The topological polar surface area (TPSA) is 66.8 Å². The van der Waals surface area contributed by atoms with Crippen LogP contribution in [-0.4, -0.2) is 46.1 Å². The number of aromatic nitrogens is 4. The monoisotopic (exact) mass is 424 g/mol. The first kappa shape index (κ1) is 17.0. The summed E-state index contributed by atoms with van der Waals surface area (Å²) in [5.74, 6) is 1.74. The van der Waals surface area contributed by atoms with Gasteiger partial charge in [-0.3, -0.25) is 4.98 Å². The zero-order valence-corrected chi connectivity index (χ0v) is 16.6. The van der Waals surface area contributed by atoms with Crippen molar-refractivity contribution in [3.05, 3.63) is 41.4 Å². The van der Waals surface area contributed by atoms with Gasteiger partial charge in [-0.2, -0.15) is 0 Å². The normalized spacial score (nSPS) is 19.1. The molecule has 27 heavy (non-hydrogen) atoms. The molecule has 2 aliphatic rings. The number of hydrogen-bond acceptors (Lipinski definition) is 6. The third kappa shape index (κ3) is 3.19. The van der Waals surface area contributed by atoms with E-state index < -0.39 is 0 Å². The van der Waals surface area contributed by atoms with Gasteiger partial charge in [0.25, 0.3) is 0 Å². The lowest BCUT2D eigenvalue weighted by atomic mass is 9.78. The van der Waals surface area contributed by atoms with Crippen molar-refractivity contribution in [2.45, 2.75) is 19.3 Å². The van der Waals surface area contributed by atoms with Gasteiger partial charge in [0.2, 0.25) is 0 Å². The molecule has 138 valence electrons. The van der Waals surface area contributed by atoms with E-state index in [9.17, 15) is 0 Å². The molecule has 0 amide bonds. The molecule has 0 aliphatic carbocycles. The fraction of sp³-hybridized carbons (Fsp3) is 0.400. The van der Waals surface area contributed by atoms with Crippen molar-refractivity contribution in [1.82, 2.24) is 25.3 Å². The quantitative estimate of drug-likeness (QED) is 0.635. The van der Waals surface area contributed by atoms with E-state index in [2.05, 4.69) is 36.1 Å². The first-order valence-corrected chi connectivity index (χ1v) is 10.2. The number of rotatable bonds is 2. The van der Waals surface area contributed by atoms with E-state index >= 15 is 0 Å². The van der Waals surface area contributed by atoms with Crippen LogP contribution in [0.3, 0.4) is 0 Å². The highest BCUT2D eigenvalue weighted by Crippen LogP contribution is 2.39. The molecule has 6 nitrogen and oxygen atoms in total. The Kier molecular flexibility index (Phi) is 4.28. The van der Waals surface area contributed by atoms with Gasteiger partial charge in [0.1, 0.15) is 10.4 Å². The number of anilines is 1. The van der Waals surface area contributed by atoms with Gasteiger partial charge < -0.3 is 10.2 Å². The van der Waals surface area contributed by atoms with Crippen LogP contribution in [0.15, 0.2) is 41.4 Å². The maximum Gasteiger partial charge on any atom is 0.162 e. The predicted molar refractivity (Wildman–Crippen MR) is 110 cm³/mol. The van der Waals surface area contributed by atoms with Crippen LogP contribution in [-0.2, 0) is 0 Å². The first-order chi connectivity index (χ1) is 13.2. The van der Waals surface area contributed by atoms with Crippen molar-refractivity contribution in [1.29, 1.82) is 0 Å². The molecule has 3 aromatic rings. The highest BCUT2D eigenvalue weighted by molar-refractivity contribution is 9.10. The molecule has 7 heteroatoms. The van der Waals surface area contributed by atoms with E-state index in [1.54, 1.807) is 12.4 Å². The molecule has 0 bridgehead atoms. The molecule has 5 heterocycles. The fourth-order valence-corrected chi connectivity index (χ4v) is 4.61. The average molecular weight is 425 g/mol. The number of fused-ring (bicyclic) bond motifs is 1. The second-order valence-corrected chi connectivity index (χ2v) is 8.36. The zero-order valence-electron chi connectivity index (χ0n) is 15.0. The largest absolute Gasteiger partial charge is 0.356 e. The first-order valence-electron chi connectivity index (χ1n) is 9.42. The Morgan fingerprint density at radius 1 is 1.07 bits per heavy atom. The Morgan fingerprint density at radius 2 is 1.89 bits per heavy atom. The summed E-state index contributed by atoms with van der Waals surface area (Å²) >= 11 is 3.50. The van der Waals surface area contributed by atoms with Gasteiger partial charge in [-0.15, -0.1) is 0 Å². The SMILES string of the molecule is Brc1cc2c(N3CCC4(CCNC4)CC3)nc(-c3ccncc3)nc2cn1. The van der Waals surface area contributed by atoms with Gasteiger partial charge in [-0.05, 0) is 65.4 Å². The Labute approximate surface area is 166 Å². The Hall–Kier alpha value is -2.12. The number of halogens is 1. The maximum absolute atomic E-state index is 4.97. The highest BCUT2D eigenvalue weighted by Gasteiger charge is 2.37. The second kappa shape index (κ2) is 6.80. The van der Waals surface area contributed by atoms with Crippen LogP contribution < -0.4 is 10.2 Å². The lowest BCUT2D eigenvalue weighted by Gasteiger charge is -2.39. The lowest BCUT2D eigenvalue weighted by Crippen LogP contribution is -2.41. The number of nitrogens with one attached hydrogen (secondary N) is 1. The lowest BCUT2D eigenvalue weighted by molar-refractivity contribution is 0.247. The van der Waals surface area contributed by atoms with Gasteiger partial charge in [-0.1, -0.05) is 0 Å². The van der Waals surface area contributed by atoms with E-state index in [4.69, 9.17) is 9.97 Å². The Morgan fingerprint density at radius 3 is 2.63 bits per heavy atom. The molecule has 0 saturated carbocycles. The van der Waals surface area contributed by atoms with Crippen LogP contribution in [0.25, 0.3) is 22.3 Å². The van der Waals surface area contributed by atoms with E-state index in [0.29, 0.717) is 5.41 Å². The molecule has 2 saturated heterocycles. The van der Waals surface area contributed by atoms with Crippen molar-refractivity contribution in [2.75, 3.05) is 31.1 Å². The number of piperidine rings is 1. The van der Waals surface area contributed by atoms with Crippen LogP contribution in [0, 0.1) is 5.41 Å². The van der Waals surface area contributed by atoms with Gasteiger partial charge in [-0.25, -0.2) is 15.0 Å². The molecule has 0 atom stereocenters. The van der Waals surface area contributed by atoms with Crippen molar-refractivity contribution in [2.24, 2.45) is 5.41 Å². The molecule has 1 N–H and O–H groups in total. The standard InChI is InChI=1S/C20H21BrN6/c21-17-11-15-16(12-24-17)25-18(14-1-6-22-7-2-14)26-19(15)27-9-4-20(5-10-27)3-8-23-13-20/h1-2,6-7,11-12,23H,3-5,8-10,13H2. The zero-order chi connectivity index (χ0) is 18.3. The summed E-state index contributed by atoms with van der Waals surface area (Å²) < 4.78 is 0.810. The average Bonchev–Trinajstić information content (AvgIpc) is 3.16. The second-order valence-electron chi connectivity index (χ2n) is 7.54. The predicted octanol–water partition coefficient (Wildman–Crippen LogP) is 3.43. The van der Waals surface area contributed by atoms with E-state index in [1.807, 2.05) is 24.4 Å². The van der Waals surface area contributed by atoms with Crippen molar-refractivity contribution in [3.63, 3.8) is 0 Å². The minimum absolute atomic E-state index is 0.482. The van der Waals surface area contributed by atoms with E-state index in [-0.39, 0.29) is 0 Å². The molecular formula is C20H21BrN6. The summed E-state index contributed by atoms with van der Waals surface area (Å²) in [6, 6.07) is 5.93. The summed E-state index contributed by atoms with van der Waals surface area (Å²) in [7, 11) is 0. The Bertz CT molecular complexity index is 961. The van der Waals surface area contributed by atoms with Crippen molar-refractivity contribution in [3.8, 4) is 11.4 Å². The van der Waals surface area contributed by atoms with Crippen molar-refractivity contribution < 1.29 is 0 Å². The van der Waals surface area contributed by atoms with Crippen LogP contribution >= 0.6 is 15.9 Å². The molecule has 0 aromatic carbocycles. The summed E-state index contributed by atoms with van der Waals surface area (Å²) in [5, 5.41) is 4.59. The Balaban J connectivity index is 1.56. The van der Waals surface area contributed by atoms with Crippen LogP contribution in [0.5, 0.6) is 0 Å². The maximum atomic E-state index is 4.97. The van der Waals surface area contributed by atoms with Gasteiger partial charge >= 0.3 is 0 Å². The highest BCUT2D eigenvalue weighted by atomic mass is 79.9. The summed E-state index contributed by atoms with van der Waals surface area (Å²) in [6.45, 7) is 4.37. The van der Waals surface area contributed by atoms with Crippen LogP contribution in [0.1, 0.15) is 19.3 Å². The number of hydrogen-bond donors (Lipinski definition) is 1. The summed E-state index contributed by atoms with van der Waals surface area (Å²) in [6.07, 6.45) is 9.09. The van der Waals surface area contributed by atoms with E-state index in [0.717, 1.165) is 58.9 Å². The number of pyridine rings is 2.